The van der Waals surface area contributed by atoms with Crippen molar-refractivity contribution in [3.63, 3.8) is 0 Å². The highest BCUT2D eigenvalue weighted by atomic mass is 16.5. The number of carbonyl (C=O) groups is 4. The van der Waals surface area contributed by atoms with Crippen LogP contribution in [0.15, 0.2) is 323 Å². The summed E-state index contributed by atoms with van der Waals surface area (Å²) >= 11 is 0. The number of hydrogen-bond donors (Lipinski definition) is 0. The first kappa shape index (κ1) is 67.7. The zero-order chi connectivity index (χ0) is 70.8. The van der Waals surface area contributed by atoms with Gasteiger partial charge in [-0.15, -0.1) is 0 Å². The van der Waals surface area contributed by atoms with Crippen molar-refractivity contribution in [3.05, 3.63) is 323 Å². The number of nitrogens with zero attached hydrogens (tertiary/aromatic N) is 5. The van der Waals surface area contributed by atoms with E-state index in [9.17, 15) is 19.2 Å². The van der Waals surface area contributed by atoms with Crippen LogP contribution in [0, 0.1) is 0 Å². The van der Waals surface area contributed by atoms with Gasteiger partial charge >= 0.3 is 23.9 Å². The molecule has 498 valence electrons. The number of hydrogen-bond acceptors (Lipinski definition) is 13. The molecule has 0 heterocycles. The van der Waals surface area contributed by atoms with Crippen LogP contribution in [0.4, 0.5) is 62.6 Å². The van der Waals surface area contributed by atoms with Gasteiger partial charge in [-0.05, 0) is 232 Å². The molecule has 0 saturated carbocycles. The van der Waals surface area contributed by atoms with Gasteiger partial charge in [0, 0.05) is 108 Å². The summed E-state index contributed by atoms with van der Waals surface area (Å²) in [5, 5.41) is 7.70. The second kappa shape index (κ2) is 30.0. The Balaban J connectivity index is 0.000000196. The highest BCUT2D eigenvalue weighted by Gasteiger charge is 2.21. The van der Waals surface area contributed by atoms with Crippen LogP contribution < -0.4 is 43.4 Å². The molecule has 0 fully saturated rings. The van der Waals surface area contributed by atoms with E-state index in [1.165, 1.54) is 0 Å². The normalized spacial score (nSPS) is 10.8. The number of fused-ring (bicyclic) bond motifs is 4. The molecule has 0 atom stereocenters. The number of carbonyl (C=O) groups excluding carboxylic acids is 4. The highest BCUT2D eigenvalue weighted by molar-refractivity contribution is 5.98. The van der Waals surface area contributed by atoms with Crippen LogP contribution in [0.2, 0.25) is 0 Å². The Labute approximate surface area is 587 Å². The zero-order valence-corrected chi connectivity index (χ0v) is 57.0. The molecule has 0 aliphatic carbocycles. The van der Waals surface area contributed by atoms with Crippen molar-refractivity contribution in [1.82, 2.24) is 0 Å². The maximum Gasteiger partial charge on any atom is 0.338 e. The van der Waals surface area contributed by atoms with Crippen LogP contribution in [0.1, 0.15) is 13.8 Å². The lowest BCUT2D eigenvalue weighted by atomic mass is 10.0. The molecular weight excluding hydrogens is 1250 g/mol. The van der Waals surface area contributed by atoms with Gasteiger partial charge < -0.3 is 43.4 Å². The summed E-state index contributed by atoms with van der Waals surface area (Å²) in [5.74, 6) is -0.0638. The van der Waals surface area contributed by atoms with E-state index in [0.717, 1.165) is 129 Å². The van der Waals surface area contributed by atoms with Gasteiger partial charge in [0.25, 0.3) is 0 Å². The van der Waals surface area contributed by atoms with Gasteiger partial charge in [-0.25, -0.2) is 19.2 Å². The van der Waals surface area contributed by atoms with Gasteiger partial charge in [-0.3, -0.25) is 0 Å². The summed E-state index contributed by atoms with van der Waals surface area (Å²) < 4.78 is 21.7. The molecule has 13 aromatic carbocycles. The lowest BCUT2D eigenvalue weighted by Crippen LogP contribution is -2.16. The summed E-state index contributed by atoms with van der Waals surface area (Å²) in [6, 6.07) is 91.6. The first-order valence-corrected chi connectivity index (χ1v) is 32.6. The molecule has 0 amide bonds. The molecule has 13 aromatic rings. The molecule has 101 heavy (non-hydrogen) atoms. The number of para-hydroxylation sites is 2. The van der Waals surface area contributed by atoms with Gasteiger partial charge in [0.05, 0.1) is 5.69 Å². The van der Waals surface area contributed by atoms with Gasteiger partial charge in [0.15, 0.2) is 0 Å². The fraction of sp³-hybridized carbons (Fsp3) is 0.0682. The first-order chi connectivity index (χ1) is 48.8. The van der Waals surface area contributed by atoms with Crippen LogP contribution in [0.5, 0.6) is 23.0 Å². The Bertz CT molecular complexity index is 5060. The minimum absolute atomic E-state index is 0.345. The van der Waals surface area contributed by atoms with Crippen LogP contribution in [-0.2, 0) is 19.2 Å². The standard InChI is InChI=1S/C50H36N2O4.C38H37N3O4/c1-3-49(53)55-47-29-21-37-31-45(27-19-39(37)33-47)52(46-28-20-40-34-48(56-50(54)4-2)30-22-38(40)32-46)44-25-17-36(18-26-44)35-15-23-43(24-16-35)51(41-11-7-5-8-12-41)42-13-9-6-10-14-42;1-24(2)37(42)44-35-15-11-26-17-30(13-9-28(26)19-35)41(34-22-32(39(5)6)21-33(23-34)40(7)8)31-14-10-29-20-36(16-12-27(29)18-31)45-38(43)25(3)4/h3-34H,1-2H2;9-23H,1,3H2,2,4-8H3. The largest absolute Gasteiger partial charge is 0.423 e. The molecule has 0 aromatic heterocycles. The lowest BCUT2D eigenvalue weighted by molar-refractivity contribution is -0.130. The molecule has 0 aliphatic rings. The Kier molecular flexibility index (Phi) is 20.1. The fourth-order valence-electron chi connectivity index (χ4n) is 11.7. The maximum atomic E-state index is 12.1. The predicted molar refractivity (Wildman–Crippen MR) is 414 cm³/mol. The lowest BCUT2D eigenvalue weighted by Gasteiger charge is -2.29. The van der Waals surface area contributed by atoms with E-state index in [2.05, 4.69) is 215 Å². The second-order valence-corrected chi connectivity index (χ2v) is 24.6. The molecule has 0 aliphatic heterocycles. The summed E-state index contributed by atoms with van der Waals surface area (Å²) in [6.45, 7) is 17.6. The van der Waals surface area contributed by atoms with Crippen molar-refractivity contribution < 1.29 is 38.1 Å². The molecule has 13 rings (SSSR count). The van der Waals surface area contributed by atoms with Crippen molar-refractivity contribution in [1.29, 1.82) is 0 Å². The Hall–Kier alpha value is -13.3. The monoisotopic (exact) mass is 1330 g/mol. The van der Waals surface area contributed by atoms with Crippen molar-refractivity contribution in [2.24, 2.45) is 0 Å². The molecule has 13 nitrogen and oxygen atoms in total. The van der Waals surface area contributed by atoms with Crippen LogP contribution in [0.25, 0.3) is 54.2 Å². The third kappa shape index (κ3) is 15.8. The van der Waals surface area contributed by atoms with Crippen LogP contribution in [0.3, 0.4) is 0 Å². The summed E-state index contributed by atoms with van der Waals surface area (Å²) in [7, 11) is 8.13. The average molecular weight is 1330 g/mol. The van der Waals surface area contributed by atoms with Crippen molar-refractivity contribution >= 4 is 130 Å². The number of ether oxygens (including phenoxy) is 4. The summed E-state index contributed by atoms with van der Waals surface area (Å²) in [4.78, 5) is 58.7. The van der Waals surface area contributed by atoms with Gasteiger partial charge in [0.1, 0.15) is 23.0 Å². The van der Waals surface area contributed by atoms with Gasteiger partial charge in [-0.2, -0.15) is 0 Å². The predicted octanol–water partition coefficient (Wildman–Crippen LogP) is 21.3. The van der Waals surface area contributed by atoms with Crippen molar-refractivity contribution in [3.8, 4) is 34.1 Å². The van der Waals surface area contributed by atoms with E-state index >= 15 is 0 Å². The minimum atomic E-state index is -0.504. The number of anilines is 11. The summed E-state index contributed by atoms with van der Waals surface area (Å²) in [6.07, 6.45) is 2.30. The molecule has 0 spiro atoms. The fourth-order valence-corrected chi connectivity index (χ4v) is 11.7. The Morgan fingerprint density at radius 3 is 0.822 bits per heavy atom. The zero-order valence-electron chi connectivity index (χ0n) is 57.0. The van der Waals surface area contributed by atoms with Gasteiger partial charge in [0.2, 0.25) is 0 Å². The Morgan fingerprint density at radius 2 is 0.525 bits per heavy atom. The molecular formula is C88H73N5O8. The maximum absolute atomic E-state index is 12.1. The number of esters is 4. The van der Waals surface area contributed by atoms with Crippen LogP contribution in [-0.4, -0.2) is 52.1 Å². The van der Waals surface area contributed by atoms with Crippen molar-refractivity contribution in [2.75, 3.05) is 52.7 Å². The second-order valence-electron chi connectivity index (χ2n) is 24.6. The topological polar surface area (TPSA) is 121 Å². The van der Waals surface area contributed by atoms with E-state index in [-0.39, 0.29) is 0 Å². The van der Waals surface area contributed by atoms with Crippen LogP contribution >= 0.6 is 0 Å². The third-order valence-corrected chi connectivity index (χ3v) is 16.9. The molecule has 0 unspecified atom stereocenters. The third-order valence-electron chi connectivity index (χ3n) is 16.9. The summed E-state index contributed by atoms with van der Waals surface area (Å²) in [5.41, 5.74) is 14.0. The molecule has 0 saturated heterocycles. The number of rotatable bonds is 20. The van der Waals surface area contributed by atoms with E-state index in [1.807, 2.05) is 113 Å². The van der Waals surface area contributed by atoms with E-state index < -0.39 is 23.9 Å². The minimum Gasteiger partial charge on any atom is -0.423 e. The highest BCUT2D eigenvalue weighted by Crippen LogP contribution is 2.44. The first-order valence-electron chi connectivity index (χ1n) is 32.6. The van der Waals surface area contributed by atoms with E-state index in [4.69, 9.17) is 18.9 Å². The smallest absolute Gasteiger partial charge is 0.338 e. The Morgan fingerprint density at radius 1 is 0.277 bits per heavy atom. The van der Waals surface area contributed by atoms with E-state index in [1.54, 1.807) is 38.1 Å². The molecule has 0 bridgehead atoms. The average Bonchev–Trinajstić information content (AvgIpc) is 0.779. The molecule has 0 radical (unpaired) electrons. The van der Waals surface area contributed by atoms with E-state index in [0.29, 0.717) is 34.1 Å². The molecule has 0 N–H and O–H groups in total. The SMILES string of the molecule is C=C(C)C(=O)Oc1ccc2cc(N(c3cc(N(C)C)cc(N(C)C)c3)c3ccc4cc(OC(=O)C(=C)C)ccc4c3)ccc2c1.C=CC(=O)Oc1ccc2cc(N(c3ccc(-c4ccc(N(c5ccccc5)c5ccccc5)cc4)cc3)c3ccc4cc(OC(=O)C=C)ccc4c3)ccc2c1. The number of benzene rings is 13. The quantitative estimate of drug-likeness (QED) is 0.0409. The van der Waals surface area contributed by atoms with Crippen molar-refractivity contribution in [2.45, 2.75) is 13.8 Å². The molecule has 13 heteroatoms. The van der Waals surface area contributed by atoms with Gasteiger partial charge in [-0.1, -0.05) is 136 Å².